The second-order valence-corrected chi connectivity index (χ2v) is 12.8. The number of nitrogens with one attached hydrogen (secondary N) is 1. The number of rotatable bonds is 33. The van der Waals surface area contributed by atoms with Gasteiger partial charge in [-0.3, -0.25) is 4.79 Å². The fraction of sp³-hybridized carbons (Fsp3) is 0.919. The van der Waals surface area contributed by atoms with Crippen molar-refractivity contribution in [2.24, 2.45) is 0 Å². The van der Waals surface area contributed by atoms with Crippen LogP contribution in [0.15, 0.2) is 12.2 Å². The van der Waals surface area contributed by atoms with Gasteiger partial charge < -0.3 is 20.6 Å². The molecular formula is C37H73NO4. The van der Waals surface area contributed by atoms with E-state index in [4.69, 9.17) is 0 Å². The monoisotopic (exact) mass is 596 g/mol. The van der Waals surface area contributed by atoms with Crippen LogP contribution >= 0.6 is 0 Å². The van der Waals surface area contributed by atoms with E-state index < -0.39 is 18.2 Å². The van der Waals surface area contributed by atoms with Gasteiger partial charge in [-0.2, -0.15) is 0 Å². The van der Waals surface area contributed by atoms with Crippen molar-refractivity contribution >= 4 is 5.91 Å². The molecule has 42 heavy (non-hydrogen) atoms. The lowest BCUT2D eigenvalue weighted by molar-refractivity contribution is -0.124. The van der Waals surface area contributed by atoms with Gasteiger partial charge in [-0.05, 0) is 38.5 Å². The SMILES string of the molecule is CCCCCCCCCCCCC=CCCCC(O)C(O)C(CO)NC(=O)CCCCCCCCCCCCCCC. The van der Waals surface area contributed by atoms with Gasteiger partial charge in [-0.25, -0.2) is 0 Å². The molecule has 0 fully saturated rings. The molecular weight excluding hydrogens is 522 g/mol. The summed E-state index contributed by atoms with van der Waals surface area (Å²) in [6, 6.07) is -0.818. The van der Waals surface area contributed by atoms with Crippen molar-refractivity contribution in [3.63, 3.8) is 0 Å². The quantitative estimate of drug-likeness (QED) is 0.0449. The van der Waals surface area contributed by atoms with Gasteiger partial charge in [-0.1, -0.05) is 161 Å². The molecule has 3 atom stereocenters. The van der Waals surface area contributed by atoms with Crippen LogP contribution in [0.2, 0.25) is 0 Å². The van der Waals surface area contributed by atoms with Crippen LogP contribution in [0, 0.1) is 0 Å². The van der Waals surface area contributed by atoms with E-state index in [1.807, 2.05) is 0 Å². The summed E-state index contributed by atoms with van der Waals surface area (Å²) >= 11 is 0. The fourth-order valence-electron chi connectivity index (χ4n) is 5.69. The highest BCUT2D eigenvalue weighted by Gasteiger charge is 2.26. The first kappa shape index (κ1) is 41.1. The first-order valence-corrected chi connectivity index (χ1v) is 18.5. The second-order valence-electron chi connectivity index (χ2n) is 12.8. The fourth-order valence-corrected chi connectivity index (χ4v) is 5.69. The molecule has 0 spiro atoms. The third-order valence-corrected chi connectivity index (χ3v) is 8.62. The molecule has 0 aromatic heterocycles. The highest BCUT2D eigenvalue weighted by molar-refractivity contribution is 5.76. The van der Waals surface area contributed by atoms with Crippen molar-refractivity contribution in [2.45, 2.75) is 212 Å². The lowest BCUT2D eigenvalue weighted by Gasteiger charge is -2.26. The molecule has 5 heteroatoms. The minimum absolute atomic E-state index is 0.154. The van der Waals surface area contributed by atoms with Gasteiger partial charge in [0.25, 0.3) is 0 Å². The lowest BCUT2D eigenvalue weighted by atomic mass is 10.0. The van der Waals surface area contributed by atoms with E-state index in [-0.39, 0.29) is 12.5 Å². The molecule has 3 unspecified atom stereocenters. The number of aliphatic hydroxyl groups excluding tert-OH is 3. The summed E-state index contributed by atoms with van der Waals surface area (Å²) < 4.78 is 0. The molecule has 0 aromatic rings. The maximum absolute atomic E-state index is 12.3. The Morgan fingerprint density at radius 1 is 0.571 bits per heavy atom. The van der Waals surface area contributed by atoms with Crippen molar-refractivity contribution in [1.29, 1.82) is 0 Å². The van der Waals surface area contributed by atoms with Gasteiger partial charge in [0.15, 0.2) is 0 Å². The molecule has 0 aliphatic carbocycles. The molecule has 0 aliphatic rings. The summed E-state index contributed by atoms with van der Waals surface area (Å²) in [5.41, 5.74) is 0. The second kappa shape index (κ2) is 33.0. The molecule has 0 aliphatic heterocycles. The number of carbonyl (C=O) groups excluding carboxylic acids is 1. The van der Waals surface area contributed by atoms with Crippen LogP contribution in [0.4, 0.5) is 0 Å². The minimum Gasteiger partial charge on any atom is -0.394 e. The first-order chi connectivity index (χ1) is 20.6. The van der Waals surface area contributed by atoms with Gasteiger partial charge >= 0.3 is 0 Å². The summed E-state index contributed by atoms with van der Waals surface area (Å²) in [7, 11) is 0. The molecule has 0 rings (SSSR count). The molecule has 4 N–H and O–H groups in total. The van der Waals surface area contributed by atoms with Gasteiger partial charge in [0.2, 0.25) is 5.91 Å². The van der Waals surface area contributed by atoms with Crippen LogP contribution in [-0.4, -0.2) is 46.1 Å². The van der Waals surface area contributed by atoms with Crippen molar-refractivity contribution in [1.82, 2.24) is 5.32 Å². The average Bonchev–Trinajstić information content (AvgIpc) is 2.99. The number of unbranched alkanes of at least 4 members (excludes halogenated alkanes) is 23. The molecule has 0 saturated heterocycles. The van der Waals surface area contributed by atoms with Gasteiger partial charge in [0.05, 0.1) is 18.8 Å². The highest BCUT2D eigenvalue weighted by atomic mass is 16.3. The zero-order valence-electron chi connectivity index (χ0n) is 28.1. The Bertz CT molecular complexity index is 582. The van der Waals surface area contributed by atoms with Gasteiger partial charge in [-0.15, -0.1) is 0 Å². The normalized spacial score (nSPS) is 13.9. The predicted octanol–water partition coefficient (Wildman–Crippen LogP) is 9.70. The van der Waals surface area contributed by atoms with Crippen molar-refractivity contribution in [2.75, 3.05) is 6.61 Å². The van der Waals surface area contributed by atoms with Crippen molar-refractivity contribution < 1.29 is 20.1 Å². The molecule has 0 aromatic carbocycles. The summed E-state index contributed by atoms with van der Waals surface area (Å²) in [6.07, 6.45) is 35.9. The Hall–Kier alpha value is -0.910. The molecule has 0 saturated carbocycles. The largest absolute Gasteiger partial charge is 0.394 e. The molecule has 0 bridgehead atoms. The standard InChI is InChI=1S/C37H73NO4/c1-3-5-7-9-11-13-15-17-18-20-21-23-25-27-29-31-35(40)37(42)34(33-39)38-36(41)32-30-28-26-24-22-19-16-14-12-10-8-6-4-2/h23,25,34-35,37,39-40,42H,3-22,24,26-33H2,1-2H3,(H,38,41). The molecule has 0 radical (unpaired) electrons. The molecule has 5 nitrogen and oxygen atoms in total. The lowest BCUT2D eigenvalue weighted by Crippen LogP contribution is -2.50. The topological polar surface area (TPSA) is 89.8 Å². The minimum atomic E-state index is -1.15. The number of allylic oxidation sites excluding steroid dienone is 2. The number of hydrogen-bond acceptors (Lipinski definition) is 4. The van der Waals surface area contributed by atoms with Gasteiger partial charge in [0.1, 0.15) is 6.10 Å². The zero-order chi connectivity index (χ0) is 30.9. The molecule has 250 valence electrons. The maximum Gasteiger partial charge on any atom is 0.220 e. The number of hydrogen-bond donors (Lipinski definition) is 4. The smallest absolute Gasteiger partial charge is 0.220 e. The van der Waals surface area contributed by atoms with Gasteiger partial charge in [0, 0.05) is 6.42 Å². The zero-order valence-corrected chi connectivity index (χ0v) is 28.1. The summed E-state index contributed by atoms with van der Waals surface area (Å²) in [4.78, 5) is 12.3. The third-order valence-electron chi connectivity index (χ3n) is 8.62. The number of carbonyl (C=O) groups is 1. The van der Waals surface area contributed by atoms with E-state index in [0.717, 1.165) is 38.5 Å². The van der Waals surface area contributed by atoms with E-state index in [1.54, 1.807) is 0 Å². The number of amides is 1. The molecule has 0 heterocycles. The van der Waals surface area contributed by atoms with E-state index >= 15 is 0 Å². The van der Waals surface area contributed by atoms with Crippen molar-refractivity contribution in [3.05, 3.63) is 12.2 Å². The summed E-state index contributed by atoms with van der Waals surface area (Å²) in [5, 5.41) is 33.3. The van der Waals surface area contributed by atoms with E-state index in [0.29, 0.717) is 12.8 Å². The first-order valence-electron chi connectivity index (χ1n) is 18.5. The van der Waals surface area contributed by atoms with Crippen LogP contribution in [0.3, 0.4) is 0 Å². The van der Waals surface area contributed by atoms with Crippen LogP contribution < -0.4 is 5.32 Å². The van der Waals surface area contributed by atoms with E-state index in [9.17, 15) is 20.1 Å². The Balaban J connectivity index is 3.72. The highest BCUT2D eigenvalue weighted by Crippen LogP contribution is 2.15. The molecule has 1 amide bonds. The maximum atomic E-state index is 12.3. The van der Waals surface area contributed by atoms with E-state index in [2.05, 4.69) is 31.3 Å². The summed E-state index contributed by atoms with van der Waals surface area (Å²) in [5.74, 6) is -0.154. The van der Waals surface area contributed by atoms with Crippen molar-refractivity contribution in [3.8, 4) is 0 Å². The predicted molar refractivity (Wildman–Crippen MR) is 181 cm³/mol. The Labute approximate surface area is 261 Å². The van der Waals surface area contributed by atoms with E-state index in [1.165, 1.54) is 128 Å². The average molecular weight is 596 g/mol. The third kappa shape index (κ3) is 27.9. The Morgan fingerprint density at radius 3 is 1.38 bits per heavy atom. The Morgan fingerprint density at radius 2 is 0.952 bits per heavy atom. The van der Waals surface area contributed by atoms with Crippen LogP contribution in [-0.2, 0) is 4.79 Å². The Kier molecular flexibility index (Phi) is 32.3. The van der Waals surface area contributed by atoms with Crippen LogP contribution in [0.5, 0.6) is 0 Å². The van der Waals surface area contributed by atoms with Crippen LogP contribution in [0.25, 0.3) is 0 Å². The number of aliphatic hydroxyl groups is 3. The summed E-state index contributed by atoms with van der Waals surface area (Å²) in [6.45, 7) is 4.15. The van der Waals surface area contributed by atoms with Crippen LogP contribution in [0.1, 0.15) is 194 Å².